The molecule has 1 aliphatic rings. The molecule has 1 heterocycles. The van der Waals surface area contributed by atoms with Crippen molar-refractivity contribution in [1.29, 1.82) is 0 Å². The van der Waals surface area contributed by atoms with E-state index in [0.29, 0.717) is 25.2 Å². The second-order valence-electron chi connectivity index (χ2n) is 6.54. The first-order valence-corrected chi connectivity index (χ1v) is 7.23. The van der Waals surface area contributed by atoms with Gasteiger partial charge in [-0.1, -0.05) is 6.07 Å². The van der Waals surface area contributed by atoms with Gasteiger partial charge < -0.3 is 15.4 Å². The van der Waals surface area contributed by atoms with Gasteiger partial charge in [0.05, 0.1) is 17.4 Å². The molecule has 4 heteroatoms. The molecule has 0 spiro atoms. The third kappa shape index (κ3) is 3.70. The molecule has 0 aromatic heterocycles. The Bertz CT molecular complexity index is 474. The Morgan fingerprint density at radius 3 is 2.75 bits per heavy atom. The van der Waals surface area contributed by atoms with E-state index in [0.717, 1.165) is 5.56 Å². The predicted octanol–water partition coefficient (Wildman–Crippen LogP) is 2.72. The molecule has 3 nitrogen and oxygen atoms in total. The molecule has 0 aliphatic carbocycles. The molecule has 0 bridgehead atoms. The topological polar surface area (TPSA) is 38.5 Å². The Morgan fingerprint density at radius 2 is 2.20 bits per heavy atom. The summed E-state index contributed by atoms with van der Waals surface area (Å²) >= 11 is 0. The minimum atomic E-state index is -0.255. The lowest BCUT2D eigenvalue weighted by molar-refractivity contribution is -0.0751. The van der Waals surface area contributed by atoms with Crippen molar-refractivity contribution in [3.8, 4) is 0 Å². The van der Waals surface area contributed by atoms with Crippen LogP contribution < -0.4 is 10.6 Å². The highest BCUT2D eigenvalue weighted by Crippen LogP contribution is 2.28. The van der Waals surface area contributed by atoms with Gasteiger partial charge in [-0.3, -0.25) is 0 Å². The van der Waals surface area contributed by atoms with Crippen molar-refractivity contribution in [1.82, 2.24) is 0 Å². The number of benzene rings is 1. The second-order valence-corrected chi connectivity index (χ2v) is 6.54. The number of ether oxygens (including phenoxy) is 1. The summed E-state index contributed by atoms with van der Waals surface area (Å²) in [5.74, 6) is -0.173. The number of rotatable bonds is 3. The van der Waals surface area contributed by atoms with Crippen LogP contribution in [0.3, 0.4) is 0 Å². The normalized spacial score (nSPS) is 23.7. The molecule has 1 aromatic rings. The van der Waals surface area contributed by atoms with Crippen molar-refractivity contribution in [3.63, 3.8) is 0 Å². The summed E-state index contributed by atoms with van der Waals surface area (Å²) in [6.07, 6.45) is 0.796. The molecule has 0 radical (unpaired) electrons. The highest BCUT2D eigenvalue weighted by Gasteiger charge is 2.32. The molecule has 0 saturated carbocycles. The smallest absolute Gasteiger partial charge is 0.146 e. The molecular weight excluding hydrogens is 255 g/mol. The van der Waals surface area contributed by atoms with E-state index in [1.54, 1.807) is 6.07 Å². The first kappa shape index (κ1) is 15.3. The van der Waals surface area contributed by atoms with Crippen LogP contribution in [0.15, 0.2) is 18.2 Å². The van der Waals surface area contributed by atoms with Gasteiger partial charge >= 0.3 is 0 Å². The van der Waals surface area contributed by atoms with Gasteiger partial charge in [-0.05, 0) is 51.8 Å². The van der Waals surface area contributed by atoms with Gasteiger partial charge in [0.25, 0.3) is 0 Å². The standard InChI is InChI=1S/C16H25FN2O/c1-11(18)7-13-5-6-15(14(17)8-13)19-9-12(2)20-16(3,4)10-19/h5-6,8,11-12H,7,9-10,18H2,1-4H3. The SMILES string of the molecule is CC(N)Cc1ccc(N2CC(C)OC(C)(C)C2)c(F)c1. The summed E-state index contributed by atoms with van der Waals surface area (Å²) in [6, 6.07) is 5.48. The Balaban J connectivity index is 2.20. The van der Waals surface area contributed by atoms with E-state index in [1.165, 1.54) is 0 Å². The highest BCUT2D eigenvalue weighted by atomic mass is 19.1. The van der Waals surface area contributed by atoms with E-state index in [2.05, 4.69) is 4.90 Å². The molecule has 20 heavy (non-hydrogen) atoms. The summed E-state index contributed by atoms with van der Waals surface area (Å²) < 4.78 is 20.2. The summed E-state index contributed by atoms with van der Waals surface area (Å²) in [6.45, 7) is 9.44. The zero-order valence-corrected chi connectivity index (χ0v) is 12.8. The predicted molar refractivity (Wildman–Crippen MR) is 80.6 cm³/mol. The number of nitrogens with two attached hydrogens (primary N) is 1. The lowest BCUT2D eigenvalue weighted by Crippen LogP contribution is -2.52. The number of hydrogen-bond acceptors (Lipinski definition) is 3. The fraction of sp³-hybridized carbons (Fsp3) is 0.625. The first-order chi connectivity index (χ1) is 9.27. The monoisotopic (exact) mass is 280 g/mol. The third-order valence-corrected chi connectivity index (χ3v) is 3.48. The summed E-state index contributed by atoms with van der Waals surface area (Å²) in [7, 11) is 0. The van der Waals surface area contributed by atoms with Crippen LogP contribution in [0.2, 0.25) is 0 Å². The van der Waals surface area contributed by atoms with Crippen LogP contribution in [0.4, 0.5) is 10.1 Å². The molecule has 2 unspecified atom stereocenters. The maximum absolute atomic E-state index is 14.3. The number of hydrogen-bond donors (Lipinski definition) is 1. The Morgan fingerprint density at radius 1 is 1.50 bits per heavy atom. The summed E-state index contributed by atoms with van der Waals surface area (Å²) in [5, 5.41) is 0. The molecule has 0 amide bonds. The van der Waals surface area contributed by atoms with Crippen LogP contribution in [0.5, 0.6) is 0 Å². The van der Waals surface area contributed by atoms with Gasteiger partial charge in [0.1, 0.15) is 5.82 Å². The fourth-order valence-electron chi connectivity index (χ4n) is 2.94. The zero-order chi connectivity index (χ0) is 14.9. The third-order valence-electron chi connectivity index (χ3n) is 3.48. The molecule has 1 aliphatic heterocycles. The molecule has 1 aromatic carbocycles. The maximum Gasteiger partial charge on any atom is 0.146 e. The maximum atomic E-state index is 14.3. The Labute approximate surface area is 120 Å². The van der Waals surface area contributed by atoms with Crippen molar-refractivity contribution < 1.29 is 9.13 Å². The van der Waals surface area contributed by atoms with E-state index in [-0.39, 0.29) is 23.6 Å². The van der Waals surface area contributed by atoms with Crippen molar-refractivity contribution in [3.05, 3.63) is 29.6 Å². The van der Waals surface area contributed by atoms with E-state index in [1.807, 2.05) is 39.8 Å². The van der Waals surface area contributed by atoms with Gasteiger partial charge in [-0.2, -0.15) is 0 Å². The summed E-state index contributed by atoms with van der Waals surface area (Å²) in [5.41, 5.74) is 7.10. The molecule has 2 N–H and O–H groups in total. The van der Waals surface area contributed by atoms with Gasteiger partial charge in [0.15, 0.2) is 0 Å². The molecule has 1 fully saturated rings. The van der Waals surface area contributed by atoms with Crippen LogP contribution in [0.1, 0.15) is 33.3 Å². The van der Waals surface area contributed by atoms with E-state index in [4.69, 9.17) is 10.5 Å². The van der Waals surface area contributed by atoms with Crippen molar-refractivity contribution in [2.24, 2.45) is 5.73 Å². The van der Waals surface area contributed by atoms with Crippen molar-refractivity contribution >= 4 is 5.69 Å². The van der Waals surface area contributed by atoms with E-state index in [9.17, 15) is 4.39 Å². The largest absolute Gasteiger partial charge is 0.369 e. The van der Waals surface area contributed by atoms with Gasteiger partial charge in [0, 0.05) is 19.1 Å². The molecule has 1 saturated heterocycles. The lowest BCUT2D eigenvalue weighted by Gasteiger charge is -2.43. The molecule has 112 valence electrons. The van der Waals surface area contributed by atoms with Crippen LogP contribution >= 0.6 is 0 Å². The van der Waals surface area contributed by atoms with Gasteiger partial charge in [-0.25, -0.2) is 4.39 Å². The van der Waals surface area contributed by atoms with E-state index < -0.39 is 0 Å². The fourth-order valence-corrected chi connectivity index (χ4v) is 2.94. The Kier molecular flexibility index (Phi) is 4.35. The average Bonchev–Trinajstić information content (AvgIpc) is 2.24. The highest BCUT2D eigenvalue weighted by molar-refractivity contribution is 5.50. The minimum Gasteiger partial charge on any atom is -0.369 e. The van der Waals surface area contributed by atoms with Crippen LogP contribution in [-0.4, -0.2) is 30.8 Å². The number of halogens is 1. The average molecular weight is 280 g/mol. The van der Waals surface area contributed by atoms with Gasteiger partial charge in [-0.15, -0.1) is 0 Å². The van der Waals surface area contributed by atoms with E-state index >= 15 is 0 Å². The van der Waals surface area contributed by atoms with Crippen LogP contribution in [0, 0.1) is 5.82 Å². The lowest BCUT2D eigenvalue weighted by atomic mass is 10.0. The van der Waals surface area contributed by atoms with Crippen molar-refractivity contribution in [2.45, 2.75) is 51.9 Å². The first-order valence-electron chi connectivity index (χ1n) is 7.23. The van der Waals surface area contributed by atoms with Gasteiger partial charge in [0.2, 0.25) is 0 Å². The van der Waals surface area contributed by atoms with Crippen molar-refractivity contribution in [2.75, 3.05) is 18.0 Å². The van der Waals surface area contributed by atoms with Crippen LogP contribution in [-0.2, 0) is 11.2 Å². The number of morpholine rings is 1. The summed E-state index contributed by atoms with van der Waals surface area (Å²) in [4.78, 5) is 2.07. The Hall–Kier alpha value is -1.13. The minimum absolute atomic E-state index is 0.0441. The number of anilines is 1. The zero-order valence-electron chi connectivity index (χ0n) is 12.8. The number of nitrogens with zero attached hydrogens (tertiary/aromatic N) is 1. The van der Waals surface area contributed by atoms with Crippen LogP contribution in [0.25, 0.3) is 0 Å². The molecular formula is C16H25FN2O. The molecule has 2 atom stereocenters. The second kappa shape index (κ2) is 5.70. The molecule has 2 rings (SSSR count). The quantitative estimate of drug-likeness (QED) is 0.925.